The van der Waals surface area contributed by atoms with Crippen molar-refractivity contribution in [2.24, 2.45) is 0 Å². The predicted molar refractivity (Wildman–Crippen MR) is 106 cm³/mol. The van der Waals surface area contributed by atoms with Crippen molar-refractivity contribution in [1.29, 1.82) is 0 Å². The lowest BCUT2D eigenvalue weighted by Gasteiger charge is -2.15. The standard InChI is InChI=1S/C21H14F3N3O4/c1-9-19(10(2)31-26-9)11-3-4-12-17(5-11)27(8-15(24)20(12)28)18-7-16(25-21(29)30)13(22)6-14(18)23/h3-8,25H,1-2H3,(H,29,30). The van der Waals surface area contributed by atoms with Crippen molar-refractivity contribution in [3.05, 3.63) is 75.7 Å². The average Bonchev–Trinajstić information content (AvgIpc) is 3.04. The van der Waals surface area contributed by atoms with E-state index in [1.54, 1.807) is 19.9 Å². The molecule has 0 bridgehead atoms. The summed E-state index contributed by atoms with van der Waals surface area (Å²) in [7, 11) is 0. The molecule has 0 saturated heterocycles. The highest BCUT2D eigenvalue weighted by atomic mass is 19.1. The maximum Gasteiger partial charge on any atom is 0.409 e. The van der Waals surface area contributed by atoms with E-state index in [1.807, 2.05) is 5.32 Å². The molecule has 0 aliphatic heterocycles. The van der Waals surface area contributed by atoms with Crippen molar-refractivity contribution in [2.75, 3.05) is 5.32 Å². The smallest absolute Gasteiger partial charge is 0.409 e. The maximum atomic E-state index is 14.7. The van der Waals surface area contributed by atoms with Crippen molar-refractivity contribution >= 4 is 22.7 Å². The number of nitrogens with zero attached hydrogens (tertiary/aromatic N) is 2. The Hall–Kier alpha value is -4.08. The summed E-state index contributed by atoms with van der Waals surface area (Å²) < 4.78 is 49.2. The Kier molecular flexibility index (Phi) is 4.77. The number of rotatable bonds is 3. The van der Waals surface area contributed by atoms with Gasteiger partial charge in [0.15, 0.2) is 5.82 Å². The fraction of sp³-hybridized carbons (Fsp3) is 0.0952. The Morgan fingerprint density at radius 3 is 2.48 bits per heavy atom. The molecule has 7 nitrogen and oxygen atoms in total. The fourth-order valence-electron chi connectivity index (χ4n) is 3.48. The number of anilines is 1. The molecule has 0 spiro atoms. The summed E-state index contributed by atoms with van der Waals surface area (Å²) in [6, 6.07) is 5.84. The van der Waals surface area contributed by atoms with Crippen LogP contribution in [0.1, 0.15) is 11.5 Å². The van der Waals surface area contributed by atoms with Gasteiger partial charge < -0.3 is 14.2 Å². The number of pyridine rings is 1. The number of aromatic nitrogens is 2. The first kappa shape index (κ1) is 20.2. The first-order valence-corrected chi connectivity index (χ1v) is 8.95. The Labute approximate surface area is 172 Å². The van der Waals surface area contributed by atoms with Crippen LogP contribution in [0.2, 0.25) is 0 Å². The zero-order valence-corrected chi connectivity index (χ0v) is 16.2. The zero-order chi connectivity index (χ0) is 22.4. The summed E-state index contributed by atoms with van der Waals surface area (Å²) >= 11 is 0. The molecule has 4 aromatic rings. The van der Waals surface area contributed by atoms with Crippen LogP contribution in [0.3, 0.4) is 0 Å². The molecule has 158 valence electrons. The monoisotopic (exact) mass is 429 g/mol. The van der Waals surface area contributed by atoms with Crippen molar-refractivity contribution in [3.63, 3.8) is 0 Å². The second kappa shape index (κ2) is 7.31. The van der Waals surface area contributed by atoms with Crippen LogP contribution in [0.4, 0.5) is 23.7 Å². The molecule has 2 aromatic heterocycles. The van der Waals surface area contributed by atoms with Gasteiger partial charge in [0.25, 0.3) is 0 Å². The highest BCUT2D eigenvalue weighted by Crippen LogP contribution is 2.31. The number of halogens is 3. The van der Waals surface area contributed by atoms with Gasteiger partial charge in [-0.15, -0.1) is 0 Å². The van der Waals surface area contributed by atoms with Gasteiger partial charge in [0.05, 0.1) is 22.6 Å². The Bertz CT molecular complexity index is 1410. The molecule has 0 aliphatic rings. The molecule has 10 heteroatoms. The number of fused-ring (bicyclic) bond motifs is 1. The minimum Gasteiger partial charge on any atom is -0.465 e. The first-order chi connectivity index (χ1) is 14.7. The molecule has 4 rings (SSSR count). The molecule has 2 aromatic carbocycles. The van der Waals surface area contributed by atoms with Gasteiger partial charge in [0.2, 0.25) is 5.43 Å². The van der Waals surface area contributed by atoms with E-state index >= 15 is 0 Å². The summed E-state index contributed by atoms with van der Waals surface area (Å²) in [4.78, 5) is 23.2. The Morgan fingerprint density at radius 2 is 1.84 bits per heavy atom. The van der Waals surface area contributed by atoms with E-state index in [9.17, 15) is 22.8 Å². The van der Waals surface area contributed by atoms with Crippen molar-refractivity contribution < 1.29 is 27.6 Å². The van der Waals surface area contributed by atoms with Gasteiger partial charge >= 0.3 is 6.09 Å². The molecule has 2 heterocycles. The van der Waals surface area contributed by atoms with Crippen LogP contribution in [-0.4, -0.2) is 20.9 Å². The van der Waals surface area contributed by atoms with Gasteiger partial charge in [-0.1, -0.05) is 11.2 Å². The molecular weight excluding hydrogens is 415 g/mol. The Morgan fingerprint density at radius 1 is 1.10 bits per heavy atom. The van der Waals surface area contributed by atoms with Gasteiger partial charge in [0, 0.05) is 23.2 Å². The molecule has 2 N–H and O–H groups in total. The molecule has 0 unspecified atom stereocenters. The van der Waals surface area contributed by atoms with E-state index in [-0.39, 0.29) is 16.6 Å². The van der Waals surface area contributed by atoms with Gasteiger partial charge in [0.1, 0.15) is 17.4 Å². The van der Waals surface area contributed by atoms with Crippen molar-refractivity contribution in [1.82, 2.24) is 9.72 Å². The zero-order valence-electron chi connectivity index (χ0n) is 16.2. The van der Waals surface area contributed by atoms with Crippen molar-refractivity contribution in [3.8, 4) is 16.8 Å². The van der Waals surface area contributed by atoms with Crippen LogP contribution in [0, 0.1) is 31.3 Å². The molecule has 0 saturated carbocycles. The highest BCUT2D eigenvalue weighted by molar-refractivity contribution is 5.87. The predicted octanol–water partition coefficient (Wildman–Crippen LogP) is 4.77. The minimum absolute atomic E-state index is 0.0491. The number of hydrogen-bond donors (Lipinski definition) is 2. The second-order valence-electron chi connectivity index (χ2n) is 6.82. The largest absolute Gasteiger partial charge is 0.465 e. The van der Waals surface area contributed by atoms with Crippen LogP contribution >= 0.6 is 0 Å². The number of aryl methyl sites for hydroxylation is 2. The second-order valence-corrected chi connectivity index (χ2v) is 6.82. The van der Waals surface area contributed by atoms with Crippen molar-refractivity contribution in [2.45, 2.75) is 13.8 Å². The minimum atomic E-state index is -1.56. The molecule has 31 heavy (non-hydrogen) atoms. The van der Waals surface area contributed by atoms with E-state index in [0.29, 0.717) is 28.6 Å². The summed E-state index contributed by atoms with van der Waals surface area (Å²) in [6.07, 6.45) is -0.795. The van der Waals surface area contributed by atoms with Crippen LogP contribution in [-0.2, 0) is 0 Å². The van der Waals surface area contributed by atoms with E-state index in [1.165, 1.54) is 12.1 Å². The SMILES string of the molecule is Cc1noc(C)c1-c1ccc2c(=O)c(F)cn(-c3cc(NC(=O)O)c(F)cc3F)c2c1. The first-order valence-electron chi connectivity index (χ1n) is 8.95. The highest BCUT2D eigenvalue weighted by Gasteiger charge is 2.19. The molecule has 1 amide bonds. The lowest BCUT2D eigenvalue weighted by molar-refractivity contribution is 0.209. The van der Waals surface area contributed by atoms with E-state index < -0.39 is 34.7 Å². The number of hydrogen-bond acceptors (Lipinski definition) is 4. The molecule has 0 aliphatic carbocycles. The fourth-order valence-corrected chi connectivity index (χ4v) is 3.48. The molecule has 0 fully saturated rings. The lowest BCUT2D eigenvalue weighted by atomic mass is 10.0. The number of nitrogens with one attached hydrogen (secondary N) is 1. The van der Waals surface area contributed by atoms with Crippen LogP contribution in [0.5, 0.6) is 0 Å². The number of benzene rings is 2. The van der Waals surface area contributed by atoms with E-state index in [0.717, 1.165) is 16.8 Å². The Balaban J connectivity index is 2.05. The van der Waals surface area contributed by atoms with Crippen LogP contribution in [0.15, 0.2) is 45.8 Å². The van der Waals surface area contributed by atoms with E-state index in [2.05, 4.69) is 5.16 Å². The summed E-state index contributed by atoms with van der Waals surface area (Å²) in [5.41, 5.74) is 0.142. The lowest BCUT2D eigenvalue weighted by Crippen LogP contribution is -2.14. The molecular formula is C21H14F3N3O4. The summed E-state index contributed by atoms with van der Waals surface area (Å²) in [6.45, 7) is 3.41. The van der Waals surface area contributed by atoms with Crippen LogP contribution in [0.25, 0.3) is 27.7 Å². The third-order valence-electron chi connectivity index (χ3n) is 4.82. The number of carbonyl (C=O) groups is 1. The number of amides is 1. The topological polar surface area (TPSA) is 97.4 Å². The number of carboxylic acid groups (broad SMARTS) is 1. The van der Waals surface area contributed by atoms with Gasteiger partial charge in [-0.2, -0.15) is 0 Å². The summed E-state index contributed by atoms with van der Waals surface area (Å²) in [5.74, 6) is -2.88. The maximum absolute atomic E-state index is 14.7. The normalized spacial score (nSPS) is 11.1. The third kappa shape index (κ3) is 3.41. The molecule has 0 atom stereocenters. The van der Waals surface area contributed by atoms with Crippen LogP contribution < -0.4 is 10.7 Å². The summed E-state index contributed by atoms with van der Waals surface area (Å²) in [5, 5.41) is 14.5. The van der Waals surface area contributed by atoms with Gasteiger partial charge in [-0.3, -0.25) is 10.1 Å². The molecule has 0 radical (unpaired) electrons. The average molecular weight is 429 g/mol. The van der Waals surface area contributed by atoms with Gasteiger partial charge in [-0.05, 0) is 37.6 Å². The van der Waals surface area contributed by atoms with Gasteiger partial charge in [-0.25, -0.2) is 18.0 Å². The third-order valence-corrected chi connectivity index (χ3v) is 4.82. The quantitative estimate of drug-likeness (QED) is 0.489. The van der Waals surface area contributed by atoms with E-state index in [4.69, 9.17) is 9.63 Å².